The number of ether oxygens (including phenoxy) is 1. The maximum Gasteiger partial charge on any atom is 0.142 e. The maximum atomic E-state index is 12.6. The van der Waals surface area contributed by atoms with Crippen LogP contribution in [0.4, 0.5) is 0 Å². The molecule has 3 fully saturated rings. The Labute approximate surface area is 104 Å². The molecule has 3 rings (SSSR count). The van der Waals surface area contributed by atoms with Gasteiger partial charge in [-0.3, -0.25) is 4.79 Å². The van der Waals surface area contributed by atoms with Crippen molar-refractivity contribution in [2.45, 2.75) is 64.6 Å². The number of carbonyl (C=O) groups is 1. The zero-order chi connectivity index (χ0) is 12.4. The first-order valence-electron chi connectivity index (χ1n) is 7.02. The minimum absolute atomic E-state index is 0.111. The summed E-state index contributed by atoms with van der Waals surface area (Å²) in [7, 11) is 0. The molecule has 17 heavy (non-hydrogen) atoms. The predicted molar refractivity (Wildman–Crippen MR) is 66.7 cm³/mol. The van der Waals surface area contributed by atoms with Crippen LogP contribution in [0, 0.1) is 23.7 Å². The van der Waals surface area contributed by atoms with Crippen LogP contribution in [0.2, 0.25) is 0 Å². The van der Waals surface area contributed by atoms with Crippen molar-refractivity contribution in [3.63, 3.8) is 0 Å². The van der Waals surface area contributed by atoms with Crippen molar-refractivity contribution in [2.24, 2.45) is 23.7 Å². The van der Waals surface area contributed by atoms with Crippen molar-refractivity contribution in [3.05, 3.63) is 0 Å². The van der Waals surface area contributed by atoms with Gasteiger partial charge in [-0.1, -0.05) is 0 Å². The van der Waals surface area contributed by atoms with Crippen LogP contribution < -0.4 is 0 Å². The second-order valence-electron chi connectivity index (χ2n) is 7.55. The first-order valence-corrected chi connectivity index (χ1v) is 7.02. The fourth-order valence-electron chi connectivity index (χ4n) is 4.24. The fourth-order valence-corrected chi connectivity index (χ4v) is 4.24. The van der Waals surface area contributed by atoms with Crippen molar-refractivity contribution >= 4 is 5.78 Å². The standard InChI is InChI=1S/C15H24O2/c1-14(2)8-12(15(3,4)17-14)13(16)11-6-9-5-10(9)7-11/h9-12H,5-8H2,1-4H3. The van der Waals surface area contributed by atoms with E-state index >= 15 is 0 Å². The van der Waals surface area contributed by atoms with Crippen LogP contribution in [0.25, 0.3) is 0 Å². The van der Waals surface area contributed by atoms with Crippen LogP contribution in [-0.2, 0) is 9.53 Å². The lowest BCUT2D eigenvalue weighted by molar-refractivity contribution is -0.133. The van der Waals surface area contributed by atoms with Gasteiger partial charge < -0.3 is 4.74 Å². The quantitative estimate of drug-likeness (QED) is 0.736. The summed E-state index contributed by atoms with van der Waals surface area (Å²) in [6.45, 7) is 8.38. The van der Waals surface area contributed by atoms with Crippen molar-refractivity contribution in [3.8, 4) is 0 Å². The summed E-state index contributed by atoms with van der Waals surface area (Å²) in [6.07, 6.45) is 4.61. The molecule has 0 aromatic rings. The molecule has 0 radical (unpaired) electrons. The van der Waals surface area contributed by atoms with Gasteiger partial charge in [0.1, 0.15) is 5.78 Å². The lowest BCUT2D eigenvalue weighted by Gasteiger charge is -2.28. The van der Waals surface area contributed by atoms with Crippen molar-refractivity contribution in [1.82, 2.24) is 0 Å². The van der Waals surface area contributed by atoms with E-state index in [1.807, 2.05) is 0 Å². The molecule has 0 aromatic carbocycles. The van der Waals surface area contributed by atoms with Crippen molar-refractivity contribution < 1.29 is 9.53 Å². The van der Waals surface area contributed by atoms with Gasteiger partial charge in [0.2, 0.25) is 0 Å². The van der Waals surface area contributed by atoms with Gasteiger partial charge in [-0.2, -0.15) is 0 Å². The topological polar surface area (TPSA) is 26.3 Å². The summed E-state index contributed by atoms with van der Waals surface area (Å²) in [6, 6.07) is 0. The summed E-state index contributed by atoms with van der Waals surface area (Å²) in [5.41, 5.74) is -0.404. The monoisotopic (exact) mass is 236 g/mol. The second-order valence-corrected chi connectivity index (χ2v) is 7.55. The van der Waals surface area contributed by atoms with Crippen LogP contribution >= 0.6 is 0 Å². The van der Waals surface area contributed by atoms with E-state index in [1.54, 1.807) is 0 Å². The van der Waals surface area contributed by atoms with Crippen LogP contribution in [0.3, 0.4) is 0 Å². The molecule has 3 aliphatic rings. The smallest absolute Gasteiger partial charge is 0.142 e. The highest BCUT2D eigenvalue weighted by atomic mass is 16.5. The number of hydrogen-bond donors (Lipinski definition) is 0. The van der Waals surface area contributed by atoms with Crippen LogP contribution in [-0.4, -0.2) is 17.0 Å². The molecule has 1 saturated heterocycles. The van der Waals surface area contributed by atoms with Gasteiger partial charge >= 0.3 is 0 Å². The maximum absolute atomic E-state index is 12.6. The van der Waals surface area contributed by atoms with Gasteiger partial charge in [0.05, 0.1) is 11.2 Å². The zero-order valence-corrected chi connectivity index (χ0v) is 11.5. The molecule has 1 aliphatic heterocycles. The van der Waals surface area contributed by atoms with E-state index in [9.17, 15) is 4.79 Å². The molecule has 0 spiro atoms. The fraction of sp³-hybridized carbons (Fsp3) is 0.933. The molecule has 0 aromatic heterocycles. The van der Waals surface area contributed by atoms with E-state index in [0.29, 0.717) is 11.7 Å². The summed E-state index contributed by atoms with van der Waals surface area (Å²) >= 11 is 0. The van der Waals surface area contributed by atoms with Crippen LogP contribution in [0.15, 0.2) is 0 Å². The van der Waals surface area contributed by atoms with E-state index in [1.165, 1.54) is 6.42 Å². The largest absolute Gasteiger partial charge is 0.369 e. The third-order valence-electron chi connectivity index (χ3n) is 5.06. The van der Waals surface area contributed by atoms with E-state index < -0.39 is 0 Å². The lowest BCUT2D eigenvalue weighted by Crippen LogP contribution is -2.36. The number of hydrogen-bond acceptors (Lipinski definition) is 2. The highest BCUT2D eigenvalue weighted by Crippen LogP contribution is 2.56. The SMILES string of the molecule is CC1(C)CC(C(=O)C2CC3CC3C2)C(C)(C)O1. The molecular weight excluding hydrogens is 212 g/mol. The number of fused-ring (bicyclic) bond motifs is 1. The molecule has 2 heteroatoms. The minimum atomic E-state index is -0.270. The Kier molecular flexibility index (Phi) is 2.30. The van der Waals surface area contributed by atoms with Crippen LogP contribution in [0.1, 0.15) is 53.4 Å². The minimum Gasteiger partial charge on any atom is -0.369 e. The summed E-state index contributed by atoms with van der Waals surface area (Å²) in [4.78, 5) is 12.6. The predicted octanol–water partition coefficient (Wildman–Crippen LogP) is 3.20. The molecule has 96 valence electrons. The Bertz CT molecular complexity index is 346. The van der Waals surface area contributed by atoms with E-state index in [2.05, 4.69) is 27.7 Å². The van der Waals surface area contributed by atoms with Gasteiger partial charge in [-0.25, -0.2) is 0 Å². The second kappa shape index (κ2) is 3.34. The summed E-state index contributed by atoms with van der Waals surface area (Å²) in [5, 5.41) is 0. The number of rotatable bonds is 2. The first-order chi connectivity index (χ1) is 7.78. The average Bonchev–Trinajstić information content (AvgIpc) is 2.70. The van der Waals surface area contributed by atoms with Gasteiger partial charge in [-0.15, -0.1) is 0 Å². The van der Waals surface area contributed by atoms with Gasteiger partial charge in [0.15, 0.2) is 0 Å². The molecular formula is C15H24O2. The highest BCUT2D eigenvalue weighted by molar-refractivity contribution is 5.85. The third kappa shape index (κ3) is 1.95. The van der Waals surface area contributed by atoms with E-state index in [0.717, 1.165) is 31.1 Å². The zero-order valence-electron chi connectivity index (χ0n) is 11.5. The first kappa shape index (κ1) is 11.7. The Morgan fingerprint density at radius 3 is 2.12 bits per heavy atom. The summed E-state index contributed by atoms with van der Waals surface area (Å²) in [5.74, 6) is 2.73. The highest BCUT2D eigenvalue weighted by Gasteiger charge is 2.54. The van der Waals surface area contributed by atoms with Gasteiger partial charge in [-0.05, 0) is 65.2 Å². The average molecular weight is 236 g/mol. The van der Waals surface area contributed by atoms with E-state index in [4.69, 9.17) is 4.74 Å². The molecule has 1 heterocycles. The Hall–Kier alpha value is -0.370. The van der Waals surface area contributed by atoms with Gasteiger partial charge in [0, 0.05) is 11.8 Å². The Morgan fingerprint density at radius 2 is 1.65 bits per heavy atom. The molecule has 3 atom stereocenters. The molecule has 2 aliphatic carbocycles. The normalized spacial score (nSPS) is 45.6. The van der Waals surface area contributed by atoms with E-state index in [-0.39, 0.29) is 17.1 Å². The molecule has 0 N–H and O–H groups in total. The van der Waals surface area contributed by atoms with Crippen LogP contribution in [0.5, 0.6) is 0 Å². The molecule has 2 nitrogen and oxygen atoms in total. The van der Waals surface area contributed by atoms with Crippen molar-refractivity contribution in [1.29, 1.82) is 0 Å². The van der Waals surface area contributed by atoms with Crippen molar-refractivity contribution in [2.75, 3.05) is 0 Å². The molecule has 0 amide bonds. The molecule has 3 unspecified atom stereocenters. The molecule has 0 bridgehead atoms. The van der Waals surface area contributed by atoms with Gasteiger partial charge in [0.25, 0.3) is 0 Å². The third-order valence-corrected chi connectivity index (χ3v) is 5.06. The molecule has 2 saturated carbocycles. The summed E-state index contributed by atoms with van der Waals surface area (Å²) < 4.78 is 6.05. The Balaban J connectivity index is 1.73. The number of Topliss-reactive ketones (excluding diaryl/α,β-unsaturated/α-hetero) is 1. The number of ketones is 1. The lowest BCUT2D eigenvalue weighted by atomic mass is 9.78. The Morgan fingerprint density at radius 1 is 1.06 bits per heavy atom. The number of carbonyl (C=O) groups excluding carboxylic acids is 1.